The van der Waals surface area contributed by atoms with Gasteiger partial charge in [0.05, 0.1) is 29.2 Å². The summed E-state index contributed by atoms with van der Waals surface area (Å²) in [5, 5.41) is 20.9. The Balaban J connectivity index is 1.39. The fourth-order valence-electron chi connectivity index (χ4n) is 5.59. The number of benzene rings is 1. The van der Waals surface area contributed by atoms with E-state index in [9.17, 15) is 23.1 Å². The third-order valence-corrected chi connectivity index (χ3v) is 9.17. The third kappa shape index (κ3) is 7.56. The van der Waals surface area contributed by atoms with Crippen molar-refractivity contribution in [2.24, 2.45) is 11.1 Å². The lowest BCUT2D eigenvalue weighted by Gasteiger charge is -2.38. The maximum absolute atomic E-state index is 13.8. The smallest absolute Gasteiger partial charge is 0.411 e. The highest BCUT2D eigenvalue weighted by Crippen LogP contribution is 2.40. The molecular formula is C29H34ClN5O7S2. The Kier molecular flexibility index (Phi) is 9.31. The number of aliphatic hydroxyl groups excluding tert-OH is 1. The van der Waals surface area contributed by atoms with E-state index in [1.807, 2.05) is 44.4 Å². The van der Waals surface area contributed by atoms with Gasteiger partial charge in [0.1, 0.15) is 17.7 Å². The van der Waals surface area contributed by atoms with Crippen molar-refractivity contribution in [3.8, 4) is 0 Å². The Hall–Kier alpha value is -3.14. The molecule has 1 saturated carbocycles. The van der Waals surface area contributed by atoms with Crippen LogP contribution in [0, 0.1) is 5.92 Å². The zero-order valence-electron chi connectivity index (χ0n) is 24.4. The number of ether oxygens (including phenoxy) is 1. The molecule has 4 atom stereocenters. The molecular weight excluding hydrogens is 630 g/mol. The van der Waals surface area contributed by atoms with Crippen molar-refractivity contribution in [2.75, 3.05) is 18.5 Å². The largest absolute Gasteiger partial charge is 0.444 e. The van der Waals surface area contributed by atoms with Crippen LogP contribution in [-0.4, -0.2) is 71.2 Å². The van der Waals surface area contributed by atoms with Crippen molar-refractivity contribution < 1.29 is 32.0 Å². The summed E-state index contributed by atoms with van der Waals surface area (Å²) in [7, 11) is -4.13. The number of hydrogen-bond acceptors (Lipinski definition) is 11. The summed E-state index contributed by atoms with van der Waals surface area (Å²) < 4.78 is 32.8. The predicted octanol–water partition coefficient (Wildman–Crippen LogP) is 4.08. The molecule has 1 aliphatic carbocycles. The van der Waals surface area contributed by atoms with Crippen LogP contribution in [0.15, 0.2) is 42.2 Å². The first-order valence-corrected chi connectivity index (χ1v) is 16.7. The van der Waals surface area contributed by atoms with E-state index < -0.39 is 40.1 Å². The average molecular weight is 664 g/mol. The minimum atomic E-state index is -4.13. The maximum atomic E-state index is 13.8. The number of carbonyl (C=O) groups excluding carboxylic acids is 2. The second kappa shape index (κ2) is 12.7. The van der Waals surface area contributed by atoms with Gasteiger partial charge in [0, 0.05) is 29.7 Å². The van der Waals surface area contributed by atoms with Crippen LogP contribution < -0.4 is 10.5 Å². The number of aliphatic hydroxyl groups is 1. The zero-order valence-corrected chi connectivity index (χ0v) is 26.8. The van der Waals surface area contributed by atoms with Crippen LogP contribution in [-0.2, 0) is 25.6 Å². The summed E-state index contributed by atoms with van der Waals surface area (Å²) in [5.41, 5.74) is 2.23. The molecule has 1 unspecified atom stereocenters. The number of thiophene rings is 1. The molecule has 0 bridgehead atoms. The molecule has 2 aromatic heterocycles. The Morgan fingerprint density at radius 3 is 2.75 bits per heavy atom. The van der Waals surface area contributed by atoms with Crippen molar-refractivity contribution in [2.45, 2.75) is 63.8 Å². The quantitative estimate of drug-likeness (QED) is 0.298. The monoisotopic (exact) mass is 663 g/mol. The van der Waals surface area contributed by atoms with Gasteiger partial charge in [0.2, 0.25) is 5.78 Å². The number of nitrogens with zero attached hydrogens (tertiary/aromatic N) is 3. The molecule has 2 aliphatic rings. The first-order valence-electron chi connectivity index (χ1n) is 14.0. The number of ketones is 1. The van der Waals surface area contributed by atoms with Crippen molar-refractivity contribution in [3.05, 3.63) is 74.3 Å². The lowest BCUT2D eigenvalue weighted by atomic mass is 9.89. The average Bonchev–Trinajstić information content (AvgIpc) is 3.56. The number of carbonyl (C=O) groups is 2. The van der Waals surface area contributed by atoms with Gasteiger partial charge in [0.15, 0.2) is 0 Å². The fraction of sp³-hybridized carbons (Fsp3) is 0.448. The second-order valence-corrected chi connectivity index (χ2v) is 14.5. The minimum absolute atomic E-state index is 0.232. The number of amides is 1. The van der Waals surface area contributed by atoms with Gasteiger partial charge >= 0.3 is 16.4 Å². The van der Waals surface area contributed by atoms with Crippen LogP contribution in [0.25, 0.3) is 0 Å². The molecule has 1 aliphatic heterocycles. The number of anilines is 1. The molecule has 12 nitrogen and oxygen atoms in total. The number of halogens is 1. The summed E-state index contributed by atoms with van der Waals surface area (Å²) in [6.07, 6.45) is 2.77. The molecule has 1 aromatic carbocycles. The van der Waals surface area contributed by atoms with Crippen LogP contribution in [0.2, 0.25) is 5.02 Å². The van der Waals surface area contributed by atoms with E-state index in [0.717, 1.165) is 16.7 Å². The van der Waals surface area contributed by atoms with Gasteiger partial charge in [0.25, 0.3) is 0 Å². The molecule has 0 saturated heterocycles. The number of nitrogens with one attached hydrogen (secondary N) is 1. The SMILES string of the molecule is CC(C)(C)OC(=O)N1CCc2ccc(Cl)cc2C1c1csc(C(=O)c2cncnc2N[C@@H]2C[C@H](COS(N)(=O)=O)[C@@H](O)C2)c1. The number of nitrogens with two attached hydrogens (primary N) is 1. The Morgan fingerprint density at radius 2 is 2.02 bits per heavy atom. The highest BCUT2D eigenvalue weighted by Gasteiger charge is 2.37. The van der Waals surface area contributed by atoms with E-state index in [2.05, 4.69) is 19.5 Å². The topological polar surface area (TPSA) is 174 Å². The van der Waals surface area contributed by atoms with Gasteiger partial charge in [-0.3, -0.25) is 13.9 Å². The molecule has 5 rings (SSSR count). The summed E-state index contributed by atoms with van der Waals surface area (Å²) in [5.74, 6) is -0.496. The van der Waals surface area contributed by atoms with Crippen LogP contribution in [0.4, 0.5) is 10.6 Å². The van der Waals surface area contributed by atoms with Gasteiger partial charge in [-0.2, -0.15) is 8.42 Å². The van der Waals surface area contributed by atoms with Gasteiger partial charge in [-0.15, -0.1) is 11.3 Å². The number of fused-ring (bicyclic) bond motifs is 1. The summed E-state index contributed by atoms with van der Waals surface area (Å²) in [4.78, 5) is 37.5. The van der Waals surface area contributed by atoms with Gasteiger partial charge in [-0.05, 0) is 80.3 Å². The van der Waals surface area contributed by atoms with Crippen molar-refractivity contribution in [1.82, 2.24) is 14.9 Å². The predicted molar refractivity (Wildman–Crippen MR) is 165 cm³/mol. The molecule has 15 heteroatoms. The van der Waals surface area contributed by atoms with E-state index >= 15 is 0 Å². The first kappa shape index (κ1) is 32.3. The minimum Gasteiger partial charge on any atom is -0.444 e. The van der Waals surface area contributed by atoms with Crippen LogP contribution in [0.1, 0.15) is 71.6 Å². The zero-order chi connectivity index (χ0) is 31.8. The maximum Gasteiger partial charge on any atom is 0.411 e. The molecule has 1 fully saturated rings. The Bertz CT molecular complexity index is 1660. The number of rotatable bonds is 8. The molecule has 4 N–H and O–H groups in total. The Labute approximate surface area is 264 Å². The van der Waals surface area contributed by atoms with Gasteiger partial charge < -0.3 is 15.2 Å². The highest BCUT2D eigenvalue weighted by molar-refractivity contribution is 7.84. The lowest BCUT2D eigenvalue weighted by Crippen LogP contribution is -2.43. The van der Waals surface area contributed by atoms with Crippen LogP contribution >= 0.6 is 22.9 Å². The molecule has 0 spiro atoms. The normalized spacial score (nSPS) is 22.0. The molecule has 1 amide bonds. The van der Waals surface area contributed by atoms with E-state index in [0.29, 0.717) is 35.7 Å². The van der Waals surface area contributed by atoms with Crippen molar-refractivity contribution in [1.29, 1.82) is 0 Å². The highest BCUT2D eigenvalue weighted by atomic mass is 35.5. The lowest BCUT2D eigenvalue weighted by molar-refractivity contribution is 0.0178. The van der Waals surface area contributed by atoms with E-state index in [4.69, 9.17) is 21.5 Å². The van der Waals surface area contributed by atoms with Gasteiger partial charge in [-0.1, -0.05) is 17.7 Å². The number of hydrogen-bond donors (Lipinski definition) is 3. The first-order chi connectivity index (χ1) is 20.7. The molecule has 44 heavy (non-hydrogen) atoms. The van der Waals surface area contributed by atoms with E-state index in [-0.39, 0.29) is 29.8 Å². The third-order valence-electron chi connectivity index (χ3n) is 7.53. The molecule has 3 heterocycles. The second-order valence-electron chi connectivity index (χ2n) is 11.9. The van der Waals surface area contributed by atoms with E-state index in [1.165, 1.54) is 23.9 Å². The molecule has 236 valence electrons. The van der Waals surface area contributed by atoms with Crippen LogP contribution in [0.3, 0.4) is 0 Å². The van der Waals surface area contributed by atoms with Gasteiger partial charge in [-0.25, -0.2) is 19.9 Å². The summed E-state index contributed by atoms with van der Waals surface area (Å²) >= 11 is 7.62. The molecule has 3 aromatic rings. The standard InChI is InChI=1S/C29H34ClN5O7S2/c1-29(2,3)42-28(38)35-7-6-16-4-5-19(30)10-21(16)25(35)18-9-24(43-14-18)26(37)22-12-32-15-33-27(22)34-20-8-17(23(36)11-20)13-41-44(31,39)40/h4-5,9-10,12,14-15,17,20,23,25,36H,6-8,11,13H2,1-3H3,(H2,31,39,40)(H,32,33,34)/t17-,20-,23+,25?/m1/s1. The van der Waals surface area contributed by atoms with Crippen LogP contribution in [0.5, 0.6) is 0 Å². The van der Waals surface area contributed by atoms with Crippen molar-refractivity contribution in [3.63, 3.8) is 0 Å². The summed E-state index contributed by atoms with van der Waals surface area (Å²) in [6.45, 7) is 5.63. The number of aromatic nitrogens is 2. The van der Waals surface area contributed by atoms with Crippen molar-refractivity contribution >= 4 is 50.9 Å². The molecule has 0 radical (unpaired) electrons. The fourth-order valence-corrected chi connectivity index (χ4v) is 7.02. The summed E-state index contributed by atoms with van der Waals surface area (Å²) in [6, 6.07) is 6.59. The Morgan fingerprint density at radius 1 is 1.25 bits per heavy atom. The van der Waals surface area contributed by atoms with E-state index in [1.54, 1.807) is 11.0 Å².